The number of halogens is 1. The fourth-order valence-electron chi connectivity index (χ4n) is 0.847. The van der Waals surface area contributed by atoms with Crippen LogP contribution in [0.2, 0.25) is 0 Å². The Morgan fingerprint density at radius 1 is 1.42 bits per heavy atom. The Kier molecular flexibility index (Phi) is 3.33. The summed E-state index contributed by atoms with van der Waals surface area (Å²) >= 11 is 5.70. The zero-order valence-electron chi connectivity index (χ0n) is 6.74. The third kappa shape index (κ3) is 2.34. The summed E-state index contributed by atoms with van der Waals surface area (Å²) in [5.74, 6) is 0. The molecule has 0 radical (unpaired) electrons. The first-order valence-corrected chi connectivity index (χ1v) is 6.19. The van der Waals surface area contributed by atoms with E-state index in [9.17, 15) is 4.57 Å². The largest absolute Gasteiger partial charge is 0.319 e. The van der Waals surface area contributed by atoms with Crippen molar-refractivity contribution in [3.63, 3.8) is 0 Å². The van der Waals surface area contributed by atoms with Crippen molar-refractivity contribution in [2.24, 2.45) is 0 Å². The topological polar surface area (TPSA) is 26.3 Å². The third-order valence-corrected chi connectivity index (χ3v) is 3.74. The van der Waals surface area contributed by atoms with E-state index in [1.807, 2.05) is 6.07 Å². The van der Waals surface area contributed by atoms with Crippen molar-refractivity contribution in [1.29, 1.82) is 0 Å². The highest BCUT2D eigenvalue weighted by Gasteiger charge is 2.20. The van der Waals surface area contributed by atoms with Crippen molar-refractivity contribution >= 4 is 23.3 Å². The Morgan fingerprint density at radius 3 is 2.50 bits per heavy atom. The van der Waals surface area contributed by atoms with Gasteiger partial charge in [0.1, 0.15) is 0 Å². The van der Waals surface area contributed by atoms with Gasteiger partial charge in [-0.25, -0.2) is 0 Å². The Morgan fingerprint density at radius 2 is 2.00 bits per heavy atom. The highest BCUT2D eigenvalue weighted by atomic mass is 35.7. The minimum absolute atomic E-state index is 0.357. The predicted molar refractivity (Wildman–Crippen MR) is 51.2 cm³/mol. The van der Waals surface area contributed by atoms with Crippen LogP contribution in [0.3, 0.4) is 0 Å². The molecule has 0 aromatic heterocycles. The fourth-order valence-corrected chi connectivity index (χ4v) is 2.49. The Hall–Kier alpha value is -0.300. The zero-order chi connectivity index (χ0) is 9.03. The van der Waals surface area contributed by atoms with Crippen LogP contribution in [0.15, 0.2) is 30.3 Å². The number of hydrogen-bond acceptors (Lipinski definition) is 2. The van der Waals surface area contributed by atoms with Gasteiger partial charge >= 0.3 is 6.72 Å². The molecule has 1 aromatic rings. The van der Waals surface area contributed by atoms with E-state index in [0.717, 1.165) is 0 Å². The van der Waals surface area contributed by atoms with Gasteiger partial charge < -0.3 is 4.52 Å². The van der Waals surface area contributed by atoms with Gasteiger partial charge in [0.25, 0.3) is 0 Å². The normalized spacial score (nSPS) is 15.5. The lowest BCUT2D eigenvalue weighted by Crippen LogP contribution is -2.01. The van der Waals surface area contributed by atoms with E-state index in [-0.39, 0.29) is 0 Å². The molecule has 2 nitrogen and oxygen atoms in total. The van der Waals surface area contributed by atoms with Crippen LogP contribution in [0.4, 0.5) is 0 Å². The van der Waals surface area contributed by atoms with Gasteiger partial charge in [0, 0.05) is 0 Å². The number of benzene rings is 1. The van der Waals surface area contributed by atoms with Crippen LogP contribution in [-0.4, -0.2) is 6.61 Å². The minimum atomic E-state index is -3.07. The number of hydrogen-bond donors (Lipinski definition) is 0. The van der Waals surface area contributed by atoms with Crippen molar-refractivity contribution in [3.8, 4) is 0 Å². The van der Waals surface area contributed by atoms with Crippen LogP contribution in [0.25, 0.3) is 0 Å². The quantitative estimate of drug-likeness (QED) is 0.708. The standard InChI is InChI=1S/C8H10ClO2P/c1-2-11-12(9,10)8-6-4-3-5-7-8/h3-7H,2H2,1H3. The lowest BCUT2D eigenvalue weighted by Gasteiger charge is -2.08. The maximum absolute atomic E-state index is 11.6. The molecule has 1 atom stereocenters. The van der Waals surface area contributed by atoms with Crippen LogP contribution >= 0.6 is 18.0 Å². The van der Waals surface area contributed by atoms with Gasteiger partial charge in [0.15, 0.2) is 0 Å². The summed E-state index contributed by atoms with van der Waals surface area (Å²) in [6, 6.07) is 8.80. The summed E-state index contributed by atoms with van der Waals surface area (Å²) in [6.07, 6.45) is 0. The van der Waals surface area contributed by atoms with Crippen molar-refractivity contribution in [2.75, 3.05) is 6.61 Å². The van der Waals surface area contributed by atoms with Gasteiger partial charge in [-0.15, -0.1) is 0 Å². The summed E-state index contributed by atoms with van der Waals surface area (Å²) in [4.78, 5) is 0. The van der Waals surface area contributed by atoms with Crippen LogP contribution in [-0.2, 0) is 9.09 Å². The molecule has 0 fully saturated rings. The molecule has 1 rings (SSSR count). The second-order valence-electron chi connectivity index (χ2n) is 2.23. The molecule has 4 heteroatoms. The van der Waals surface area contributed by atoms with Crippen molar-refractivity contribution in [3.05, 3.63) is 30.3 Å². The Labute approximate surface area is 76.7 Å². The maximum Gasteiger partial charge on any atom is 0.319 e. The number of rotatable bonds is 3. The van der Waals surface area contributed by atoms with Crippen LogP contribution in [0, 0.1) is 0 Å². The average molecular weight is 205 g/mol. The second-order valence-corrected chi connectivity index (χ2v) is 5.30. The molecule has 0 saturated carbocycles. The molecule has 0 amide bonds. The molecular weight excluding hydrogens is 195 g/mol. The fraction of sp³-hybridized carbons (Fsp3) is 0.250. The molecule has 66 valence electrons. The van der Waals surface area contributed by atoms with Crippen LogP contribution < -0.4 is 5.30 Å². The molecular formula is C8H10ClO2P. The molecule has 0 saturated heterocycles. The molecule has 0 bridgehead atoms. The highest BCUT2D eigenvalue weighted by molar-refractivity contribution is 7.91. The van der Waals surface area contributed by atoms with Gasteiger partial charge in [-0.2, -0.15) is 0 Å². The molecule has 0 N–H and O–H groups in total. The third-order valence-electron chi connectivity index (χ3n) is 1.36. The van der Waals surface area contributed by atoms with Gasteiger partial charge in [-0.3, -0.25) is 4.57 Å². The van der Waals surface area contributed by atoms with Gasteiger partial charge in [0.2, 0.25) is 0 Å². The lowest BCUT2D eigenvalue weighted by molar-refractivity contribution is 0.352. The average Bonchev–Trinajstić information content (AvgIpc) is 2.06. The maximum atomic E-state index is 11.6. The first kappa shape index (κ1) is 9.79. The lowest BCUT2D eigenvalue weighted by atomic mass is 10.4. The van der Waals surface area contributed by atoms with Gasteiger partial charge in [0.05, 0.1) is 11.9 Å². The second kappa shape index (κ2) is 4.08. The molecule has 0 aliphatic carbocycles. The van der Waals surface area contributed by atoms with E-state index in [2.05, 4.69) is 0 Å². The van der Waals surface area contributed by atoms with E-state index in [0.29, 0.717) is 11.9 Å². The summed E-state index contributed by atoms with van der Waals surface area (Å²) in [6.45, 7) is -0.954. The molecule has 0 aliphatic heterocycles. The van der Waals surface area contributed by atoms with Crippen molar-refractivity contribution in [1.82, 2.24) is 0 Å². The SMILES string of the molecule is CCOP(=O)(Cl)c1ccccc1. The summed E-state index contributed by atoms with van der Waals surface area (Å²) in [5.41, 5.74) is 0. The molecule has 0 aliphatic rings. The van der Waals surface area contributed by atoms with Crippen LogP contribution in [0.1, 0.15) is 6.92 Å². The Balaban J connectivity index is 2.90. The predicted octanol–water partition coefficient (Wildman–Crippen LogP) is 2.78. The van der Waals surface area contributed by atoms with E-state index in [1.54, 1.807) is 31.2 Å². The summed E-state index contributed by atoms with van der Waals surface area (Å²) in [7, 11) is 0. The highest BCUT2D eigenvalue weighted by Crippen LogP contribution is 2.50. The molecule has 0 heterocycles. The summed E-state index contributed by atoms with van der Waals surface area (Å²) in [5, 5.41) is 0.550. The van der Waals surface area contributed by atoms with Crippen LogP contribution in [0.5, 0.6) is 0 Å². The zero-order valence-corrected chi connectivity index (χ0v) is 8.39. The van der Waals surface area contributed by atoms with E-state index >= 15 is 0 Å². The first-order valence-electron chi connectivity index (χ1n) is 3.66. The molecule has 1 aromatic carbocycles. The van der Waals surface area contributed by atoms with E-state index < -0.39 is 6.72 Å². The smallest absolute Gasteiger partial charge is 0.315 e. The van der Waals surface area contributed by atoms with Crippen molar-refractivity contribution in [2.45, 2.75) is 6.92 Å². The summed E-state index contributed by atoms with van der Waals surface area (Å²) < 4.78 is 16.5. The van der Waals surface area contributed by atoms with Gasteiger partial charge in [-0.05, 0) is 30.3 Å². The van der Waals surface area contributed by atoms with Gasteiger partial charge in [-0.1, -0.05) is 18.2 Å². The Bertz CT molecular complexity index is 286. The molecule has 1 unspecified atom stereocenters. The van der Waals surface area contributed by atoms with E-state index in [4.69, 9.17) is 15.8 Å². The minimum Gasteiger partial charge on any atom is -0.315 e. The van der Waals surface area contributed by atoms with Crippen molar-refractivity contribution < 1.29 is 9.09 Å². The first-order chi connectivity index (χ1) is 5.67. The van der Waals surface area contributed by atoms with E-state index in [1.165, 1.54) is 0 Å². The molecule has 0 spiro atoms. The molecule has 12 heavy (non-hydrogen) atoms. The monoisotopic (exact) mass is 204 g/mol.